The molecule has 0 radical (unpaired) electrons. The van der Waals surface area contributed by atoms with E-state index in [0.29, 0.717) is 13.2 Å². The van der Waals surface area contributed by atoms with Crippen LogP contribution in [-0.4, -0.2) is 33.0 Å². The average molecular weight is 355 g/mol. The Labute approximate surface area is 143 Å². The van der Waals surface area contributed by atoms with Gasteiger partial charge in [-0.25, -0.2) is 13.1 Å². The van der Waals surface area contributed by atoms with Gasteiger partial charge in [0, 0.05) is 6.54 Å². The lowest BCUT2D eigenvalue weighted by Crippen LogP contribution is -2.56. The van der Waals surface area contributed by atoms with Crippen LogP contribution in [0.25, 0.3) is 0 Å². The Balaban J connectivity index is 2.01. The zero-order valence-electron chi connectivity index (χ0n) is 14.3. The minimum Gasteiger partial charge on any atom is -0.372 e. The lowest BCUT2D eigenvalue weighted by molar-refractivity contribution is -0.122. The maximum Gasteiger partial charge on any atom is 0.241 e. The Bertz CT molecular complexity index is 718. The molecule has 24 heavy (non-hydrogen) atoms. The number of ether oxygens (including phenoxy) is 1. The van der Waals surface area contributed by atoms with Crippen LogP contribution in [0.4, 0.5) is 0 Å². The number of carbonyl (C=O) groups is 1. The van der Waals surface area contributed by atoms with Crippen molar-refractivity contribution in [3.05, 3.63) is 29.3 Å². The van der Waals surface area contributed by atoms with Crippen molar-refractivity contribution in [3.8, 4) is 0 Å². The number of rotatable bonds is 7. The number of sulfonamides is 1. The molecule has 8 heteroatoms. The summed E-state index contributed by atoms with van der Waals surface area (Å²) in [6, 6.07) is 4.84. The molecule has 4 N–H and O–H groups in total. The van der Waals surface area contributed by atoms with Crippen molar-refractivity contribution in [1.29, 1.82) is 0 Å². The lowest BCUT2D eigenvalue weighted by Gasteiger charge is -2.33. The van der Waals surface area contributed by atoms with E-state index in [0.717, 1.165) is 11.1 Å². The molecule has 0 saturated carbocycles. The van der Waals surface area contributed by atoms with Crippen LogP contribution in [0, 0.1) is 5.92 Å². The first-order valence-corrected chi connectivity index (χ1v) is 9.36. The molecule has 2 rings (SSSR count). The lowest BCUT2D eigenvalue weighted by atomic mass is 9.88. The van der Waals surface area contributed by atoms with E-state index in [9.17, 15) is 13.2 Å². The van der Waals surface area contributed by atoms with Gasteiger partial charge in [-0.3, -0.25) is 4.79 Å². The number of fused-ring (bicyclic) bond motifs is 1. The van der Waals surface area contributed by atoms with E-state index in [1.165, 1.54) is 6.07 Å². The third kappa shape index (κ3) is 4.13. The summed E-state index contributed by atoms with van der Waals surface area (Å²) in [4.78, 5) is 12.2. The molecule has 0 saturated heterocycles. The molecule has 0 spiro atoms. The zero-order valence-corrected chi connectivity index (χ0v) is 15.1. The summed E-state index contributed by atoms with van der Waals surface area (Å²) in [6.07, 6.45) is 0. The summed E-state index contributed by atoms with van der Waals surface area (Å²) in [6.45, 7) is 6.57. The fourth-order valence-corrected chi connectivity index (χ4v) is 3.39. The topological polar surface area (TPSA) is 111 Å². The summed E-state index contributed by atoms with van der Waals surface area (Å²) >= 11 is 0. The molecule has 0 aromatic heterocycles. The summed E-state index contributed by atoms with van der Waals surface area (Å²) in [7, 11) is -3.76. The van der Waals surface area contributed by atoms with E-state index in [1.807, 2.05) is 20.8 Å². The first-order valence-electron chi connectivity index (χ1n) is 7.88. The molecule has 0 fully saturated rings. The maximum absolute atomic E-state index is 12.3. The Hall–Kier alpha value is -1.48. The molecule has 1 aromatic rings. The fourth-order valence-electron chi connectivity index (χ4n) is 2.35. The van der Waals surface area contributed by atoms with Gasteiger partial charge in [-0.05, 0) is 36.1 Å². The van der Waals surface area contributed by atoms with Crippen molar-refractivity contribution < 1.29 is 17.9 Å². The predicted molar refractivity (Wildman–Crippen MR) is 90.6 cm³/mol. The SMILES string of the molecule is CC(C)C(C)(CN)NC(=O)CNS(=O)(=O)c1ccc2c(c1)COC2. The molecule has 134 valence electrons. The van der Waals surface area contributed by atoms with Gasteiger partial charge in [0.2, 0.25) is 15.9 Å². The van der Waals surface area contributed by atoms with Gasteiger partial charge in [0.25, 0.3) is 0 Å². The standard InChI is InChI=1S/C16H25N3O4S/c1-11(2)16(3,10-17)19-15(20)7-18-24(21,22)14-5-4-12-8-23-9-13(12)6-14/h4-6,11,18H,7-10,17H2,1-3H3,(H,19,20). The minimum atomic E-state index is -3.76. The van der Waals surface area contributed by atoms with E-state index in [2.05, 4.69) is 10.0 Å². The number of nitrogens with two attached hydrogens (primary N) is 1. The number of carbonyl (C=O) groups excluding carboxylic acids is 1. The molecule has 1 aliphatic heterocycles. The van der Waals surface area contributed by atoms with Crippen molar-refractivity contribution in [1.82, 2.24) is 10.0 Å². The molecule has 1 heterocycles. The average Bonchev–Trinajstić information content (AvgIpc) is 3.00. The quantitative estimate of drug-likeness (QED) is 0.659. The number of nitrogens with one attached hydrogen (secondary N) is 2. The van der Waals surface area contributed by atoms with Crippen LogP contribution >= 0.6 is 0 Å². The van der Waals surface area contributed by atoms with Crippen LogP contribution in [0.5, 0.6) is 0 Å². The fraction of sp³-hybridized carbons (Fsp3) is 0.562. The molecule has 1 aliphatic rings. The summed E-state index contributed by atoms with van der Waals surface area (Å²) in [5.41, 5.74) is 6.99. The van der Waals surface area contributed by atoms with Crippen molar-refractivity contribution >= 4 is 15.9 Å². The third-order valence-corrected chi connectivity index (χ3v) is 5.95. The summed E-state index contributed by atoms with van der Waals surface area (Å²) < 4.78 is 32.3. The molecule has 0 bridgehead atoms. The smallest absolute Gasteiger partial charge is 0.241 e. The number of hydrogen-bond donors (Lipinski definition) is 3. The Morgan fingerprint density at radius 3 is 2.62 bits per heavy atom. The normalized spacial score (nSPS) is 16.7. The van der Waals surface area contributed by atoms with E-state index < -0.39 is 21.5 Å². The predicted octanol–water partition coefficient (Wildman–Crippen LogP) is 0.485. The van der Waals surface area contributed by atoms with Crippen molar-refractivity contribution in [3.63, 3.8) is 0 Å². The van der Waals surface area contributed by atoms with Gasteiger partial charge in [-0.1, -0.05) is 19.9 Å². The highest BCUT2D eigenvalue weighted by molar-refractivity contribution is 7.89. The van der Waals surface area contributed by atoms with Gasteiger partial charge in [0.05, 0.1) is 30.2 Å². The Morgan fingerprint density at radius 1 is 1.33 bits per heavy atom. The van der Waals surface area contributed by atoms with Crippen molar-refractivity contribution in [2.24, 2.45) is 11.7 Å². The van der Waals surface area contributed by atoms with Crippen molar-refractivity contribution in [2.75, 3.05) is 13.1 Å². The van der Waals surface area contributed by atoms with Crippen molar-refractivity contribution in [2.45, 2.75) is 44.4 Å². The minimum absolute atomic E-state index is 0.125. The highest BCUT2D eigenvalue weighted by Crippen LogP contribution is 2.23. The molecule has 0 aliphatic carbocycles. The second-order valence-corrected chi connectivity index (χ2v) is 8.34. The van der Waals surface area contributed by atoms with Crippen LogP contribution in [0.1, 0.15) is 31.9 Å². The highest BCUT2D eigenvalue weighted by atomic mass is 32.2. The second-order valence-electron chi connectivity index (χ2n) is 6.57. The molecule has 1 amide bonds. The van der Waals surface area contributed by atoms with Crippen LogP contribution < -0.4 is 15.8 Å². The first-order chi connectivity index (χ1) is 11.2. The molecular formula is C16H25N3O4S. The van der Waals surface area contributed by atoms with Gasteiger partial charge >= 0.3 is 0 Å². The Kier molecular flexibility index (Phi) is 5.64. The van der Waals surface area contributed by atoms with Crippen LogP contribution in [0.2, 0.25) is 0 Å². The monoisotopic (exact) mass is 355 g/mol. The molecule has 7 nitrogen and oxygen atoms in total. The van der Waals surface area contributed by atoms with Gasteiger partial charge in [0.15, 0.2) is 0 Å². The molecule has 1 unspecified atom stereocenters. The van der Waals surface area contributed by atoms with Gasteiger partial charge < -0.3 is 15.8 Å². The number of hydrogen-bond acceptors (Lipinski definition) is 5. The summed E-state index contributed by atoms with van der Waals surface area (Å²) in [5.74, 6) is -0.288. The van der Waals surface area contributed by atoms with E-state index in [1.54, 1.807) is 12.1 Å². The van der Waals surface area contributed by atoms with E-state index in [4.69, 9.17) is 10.5 Å². The van der Waals surface area contributed by atoms with E-state index >= 15 is 0 Å². The van der Waals surface area contributed by atoms with Gasteiger partial charge in [0.1, 0.15) is 0 Å². The van der Waals surface area contributed by atoms with Gasteiger partial charge in [-0.15, -0.1) is 0 Å². The molecule has 1 aromatic carbocycles. The highest BCUT2D eigenvalue weighted by Gasteiger charge is 2.29. The van der Waals surface area contributed by atoms with Crippen LogP contribution in [-0.2, 0) is 32.8 Å². The largest absolute Gasteiger partial charge is 0.372 e. The maximum atomic E-state index is 12.3. The second kappa shape index (κ2) is 7.18. The number of benzene rings is 1. The number of amides is 1. The van der Waals surface area contributed by atoms with Crippen LogP contribution in [0.15, 0.2) is 23.1 Å². The first kappa shape index (κ1) is 18.9. The molecular weight excluding hydrogens is 330 g/mol. The van der Waals surface area contributed by atoms with Gasteiger partial charge in [-0.2, -0.15) is 0 Å². The molecule has 1 atom stereocenters. The summed E-state index contributed by atoms with van der Waals surface area (Å²) in [5, 5.41) is 2.80. The zero-order chi connectivity index (χ0) is 18.0. The van der Waals surface area contributed by atoms with E-state index in [-0.39, 0.29) is 23.9 Å². The van der Waals surface area contributed by atoms with Crippen LogP contribution in [0.3, 0.4) is 0 Å². The third-order valence-electron chi connectivity index (χ3n) is 4.55. The Morgan fingerprint density at radius 2 is 2.00 bits per heavy atom.